The number of benzene rings is 1. The molecular weight excluding hydrogens is 356 g/mol. The van der Waals surface area contributed by atoms with Gasteiger partial charge in [-0.15, -0.1) is 11.3 Å². The Morgan fingerprint density at radius 3 is 2.74 bits per heavy atom. The first-order chi connectivity index (χ1) is 10.9. The van der Waals surface area contributed by atoms with Crippen molar-refractivity contribution in [1.82, 2.24) is 10.3 Å². The smallest absolute Gasteiger partial charge is 0.226 e. The Morgan fingerprint density at radius 2 is 2.09 bits per heavy atom. The minimum absolute atomic E-state index is 0.0336. The Labute approximate surface area is 143 Å². The molecule has 1 saturated heterocycles. The topological polar surface area (TPSA) is 76.1 Å². The number of sulfone groups is 1. The highest BCUT2D eigenvalue weighted by Crippen LogP contribution is 2.25. The molecule has 0 aliphatic carbocycles. The molecule has 1 aromatic heterocycles. The van der Waals surface area contributed by atoms with E-state index in [2.05, 4.69) is 10.3 Å². The second kappa shape index (κ2) is 6.59. The monoisotopic (exact) mass is 370 g/mol. The molecule has 23 heavy (non-hydrogen) atoms. The van der Waals surface area contributed by atoms with E-state index in [4.69, 9.17) is 11.6 Å². The van der Waals surface area contributed by atoms with Crippen LogP contribution in [0.4, 0.5) is 0 Å². The largest absolute Gasteiger partial charge is 0.352 e. The number of hydrogen-bond acceptors (Lipinski definition) is 5. The van der Waals surface area contributed by atoms with Crippen LogP contribution in [0.3, 0.4) is 0 Å². The lowest BCUT2D eigenvalue weighted by Gasteiger charge is -2.09. The van der Waals surface area contributed by atoms with Gasteiger partial charge in [0, 0.05) is 22.0 Å². The standard InChI is InChI=1S/C15H15ClN2O3S2/c16-11-3-1-10(2-4-11)15-18-13(8-22-15)7-14(19)17-12-5-6-23(20,21)9-12/h1-4,8,12H,5-7,9H2,(H,17,19). The Kier molecular flexibility index (Phi) is 4.70. The molecule has 0 bridgehead atoms. The summed E-state index contributed by atoms with van der Waals surface area (Å²) in [6.45, 7) is 0. The molecule has 1 aliphatic rings. The van der Waals surface area contributed by atoms with Gasteiger partial charge in [-0.2, -0.15) is 0 Å². The Bertz CT molecular complexity index is 816. The van der Waals surface area contributed by atoms with E-state index in [0.717, 1.165) is 10.6 Å². The maximum Gasteiger partial charge on any atom is 0.226 e. The highest BCUT2D eigenvalue weighted by Gasteiger charge is 2.28. The van der Waals surface area contributed by atoms with E-state index in [0.29, 0.717) is 17.1 Å². The molecule has 8 heteroatoms. The zero-order valence-corrected chi connectivity index (χ0v) is 14.5. The van der Waals surface area contributed by atoms with Crippen molar-refractivity contribution in [3.63, 3.8) is 0 Å². The zero-order chi connectivity index (χ0) is 16.4. The second-order valence-corrected chi connectivity index (χ2v) is 9.02. The molecule has 1 amide bonds. The zero-order valence-electron chi connectivity index (χ0n) is 12.2. The Balaban J connectivity index is 1.60. The predicted molar refractivity (Wildman–Crippen MR) is 91.5 cm³/mol. The summed E-state index contributed by atoms with van der Waals surface area (Å²) in [4.78, 5) is 16.5. The van der Waals surface area contributed by atoms with E-state index < -0.39 is 9.84 Å². The summed E-state index contributed by atoms with van der Waals surface area (Å²) in [6.07, 6.45) is 0.641. The van der Waals surface area contributed by atoms with Crippen LogP contribution in [0.15, 0.2) is 29.6 Å². The number of carbonyl (C=O) groups is 1. The van der Waals surface area contributed by atoms with Crippen molar-refractivity contribution in [2.45, 2.75) is 18.9 Å². The van der Waals surface area contributed by atoms with Gasteiger partial charge in [-0.25, -0.2) is 13.4 Å². The summed E-state index contributed by atoms with van der Waals surface area (Å²) in [5.74, 6) is -0.0127. The van der Waals surface area contributed by atoms with Gasteiger partial charge in [0.15, 0.2) is 9.84 Å². The molecule has 122 valence electrons. The molecule has 3 rings (SSSR count). The number of nitrogens with zero attached hydrogens (tertiary/aromatic N) is 1. The van der Waals surface area contributed by atoms with E-state index in [1.807, 2.05) is 17.5 Å². The van der Waals surface area contributed by atoms with Crippen molar-refractivity contribution >= 4 is 38.7 Å². The molecule has 1 fully saturated rings. The minimum atomic E-state index is -2.99. The highest BCUT2D eigenvalue weighted by atomic mass is 35.5. The first kappa shape index (κ1) is 16.4. The molecule has 0 radical (unpaired) electrons. The Hall–Kier alpha value is -1.44. The number of rotatable bonds is 4. The third-order valence-corrected chi connectivity index (χ3v) is 6.54. The van der Waals surface area contributed by atoms with Crippen LogP contribution < -0.4 is 5.32 Å². The van der Waals surface area contributed by atoms with Gasteiger partial charge in [0.25, 0.3) is 0 Å². The lowest BCUT2D eigenvalue weighted by Crippen LogP contribution is -2.36. The third-order valence-electron chi connectivity index (χ3n) is 3.58. The SMILES string of the molecule is O=C(Cc1csc(-c2ccc(Cl)cc2)n1)NC1CCS(=O)(=O)C1. The fraction of sp³-hybridized carbons (Fsp3) is 0.333. The minimum Gasteiger partial charge on any atom is -0.352 e. The molecule has 1 N–H and O–H groups in total. The van der Waals surface area contributed by atoms with Gasteiger partial charge in [-0.1, -0.05) is 23.7 Å². The van der Waals surface area contributed by atoms with Gasteiger partial charge in [0.1, 0.15) is 5.01 Å². The molecule has 5 nitrogen and oxygen atoms in total. The molecule has 1 unspecified atom stereocenters. The van der Waals surface area contributed by atoms with Crippen molar-refractivity contribution in [2.75, 3.05) is 11.5 Å². The van der Waals surface area contributed by atoms with Crippen molar-refractivity contribution in [1.29, 1.82) is 0 Å². The highest BCUT2D eigenvalue weighted by molar-refractivity contribution is 7.91. The summed E-state index contributed by atoms with van der Waals surface area (Å²) in [5.41, 5.74) is 1.63. The molecule has 0 saturated carbocycles. The van der Waals surface area contributed by atoms with Crippen molar-refractivity contribution in [2.24, 2.45) is 0 Å². The molecule has 2 heterocycles. The van der Waals surface area contributed by atoms with Crippen LogP contribution in [0.25, 0.3) is 10.6 Å². The van der Waals surface area contributed by atoms with E-state index in [1.54, 1.807) is 12.1 Å². The quantitative estimate of drug-likeness (QED) is 0.896. The summed E-state index contributed by atoms with van der Waals surface area (Å²) in [6, 6.07) is 7.08. The van der Waals surface area contributed by atoms with E-state index in [9.17, 15) is 13.2 Å². The van der Waals surface area contributed by atoms with Crippen molar-refractivity contribution < 1.29 is 13.2 Å². The number of nitrogens with one attached hydrogen (secondary N) is 1. The number of halogens is 1. The molecule has 1 aromatic carbocycles. The molecule has 1 atom stereocenters. The fourth-order valence-corrected chi connectivity index (χ4v) is 5.09. The first-order valence-corrected chi connectivity index (χ1v) is 10.2. The van der Waals surface area contributed by atoms with Gasteiger partial charge >= 0.3 is 0 Å². The summed E-state index contributed by atoms with van der Waals surface area (Å²) in [7, 11) is -2.99. The lowest BCUT2D eigenvalue weighted by molar-refractivity contribution is -0.121. The van der Waals surface area contributed by atoms with Crippen LogP contribution in [-0.2, 0) is 21.1 Å². The van der Waals surface area contributed by atoms with Crippen molar-refractivity contribution in [3.05, 3.63) is 40.4 Å². The Morgan fingerprint density at radius 1 is 1.35 bits per heavy atom. The van der Waals surface area contributed by atoms with E-state index in [1.165, 1.54) is 11.3 Å². The number of hydrogen-bond donors (Lipinski definition) is 1. The van der Waals surface area contributed by atoms with Crippen LogP contribution in [0.2, 0.25) is 5.02 Å². The molecule has 1 aliphatic heterocycles. The maximum atomic E-state index is 12.0. The van der Waals surface area contributed by atoms with Crippen LogP contribution in [0, 0.1) is 0 Å². The average Bonchev–Trinajstić information content (AvgIpc) is 3.06. The summed E-state index contributed by atoms with van der Waals surface area (Å²) in [5, 5.41) is 6.10. The van der Waals surface area contributed by atoms with Crippen LogP contribution in [-0.4, -0.2) is 36.9 Å². The van der Waals surface area contributed by atoms with Gasteiger partial charge in [-0.05, 0) is 18.6 Å². The van der Waals surface area contributed by atoms with E-state index in [-0.39, 0.29) is 29.9 Å². The van der Waals surface area contributed by atoms with Gasteiger partial charge < -0.3 is 5.32 Å². The van der Waals surface area contributed by atoms with Crippen molar-refractivity contribution in [3.8, 4) is 10.6 Å². The first-order valence-electron chi connectivity index (χ1n) is 7.11. The van der Waals surface area contributed by atoms with Gasteiger partial charge in [0.05, 0.1) is 23.6 Å². The normalized spacial score (nSPS) is 19.6. The number of carbonyl (C=O) groups excluding carboxylic acids is 1. The molecule has 0 spiro atoms. The maximum absolute atomic E-state index is 12.0. The lowest BCUT2D eigenvalue weighted by atomic mass is 10.2. The molecule has 2 aromatic rings. The summed E-state index contributed by atoms with van der Waals surface area (Å²) < 4.78 is 22.8. The second-order valence-electron chi connectivity index (χ2n) is 5.50. The van der Waals surface area contributed by atoms with Crippen LogP contribution >= 0.6 is 22.9 Å². The number of amides is 1. The summed E-state index contributed by atoms with van der Waals surface area (Å²) >= 11 is 7.32. The fourth-order valence-electron chi connectivity index (χ4n) is 2.47. The van der Waals surface area contributed by atoms with Crippen LogP contribution in [0.5, 0.6) is 0 Å². The van der Waals surface area contributed by atoms with Crippen LogP contribution in [0.1, 0.15) is 12.1 Å². The van der Waals surface area contributed by atoms with Gasteiger partial charge in [0.2, 0.25) is 5.91 Å². The number of thiazole rings is 1. The van der Waals surface area contributed by atoms with Gasteiger partial charge in [-0.3, -0.25) is 4.79 Å². The molecular formula is C15H15ClN2O3S2. The number of aromatic nitrogens is 1. The predicted octanol–water partition coefficient (Wildman–Crippen LogP) is 2.31. The average molecular weight is 371 g/mol. The third kappa shape index (κ3) is 4.31. The van der Waals surface area contributed by atoms with E-state index >= 15 is 0 Å².